The Morgan fingerprint density at radius 1 is 1.22 bits per heavy atom. The summed E-state index contributed by atoms with van der Waals surface area (Å²) in [6.07, 6.45) is 6.63. The molecule has 0 radical (unpaired) electrons. The fraction of sp³-hybridized carbons (Fsp3) is 0.478. The van der Waals surface area contributed by atoms with Crippen molar-refractivity contribution >= 4 is 23.1 Å². The topological polar surface area (TPSA) is 87.4 Å². The van der Waals surface area contributed by atoms with Gasteiger partial charge in [0.05, 0.1) is 6.54 Å². The van der Waals surface area contributed by atoms with Gasteiger partial charge in [0.1, 0.15) is 22.3 Å². The zero-order chi connectivity index (χ0) is 21.9. The number of likely N-dealkylation sites (tertiary alicyclic amines) is 2. The van der Waals surface area contributed by atoms with Gasteiger partial charge in [0, 0.05) is 30.2 Å². The minimum Gasteiger partial charge on any atom is -0.458 e. The van der Waals surface area contributed by atoms with Gasteiger partial charge in [0.15, 0.2) is 11.6 Å². The molecule has 3 aromatic rings. The van der Waals surface area contributed by atoms with Crippen LogP contribution in [0.15, 0.2) is 34.2 Å². The standard InChI is InChI=1S/C23H28N6O2S/c1-16-6-7-19(31-16)22-25-18(23-24-8-12-32-23)13-20(27-22)26-21(30)15-29-11-4-5-17(29)14-28-9-2-3-10-28/h6-8,12-13,17H,2-5,9-11,14-15H2,1H3,(H,25,26,27,30). The van der Waals surface area contributed by atoms with E-state index in [1.165, 1.54) is 37.3 Å². The van der Waals surface area contributed by atoms with Gasteiger partial charge in [-0.25, -0.2) is 15.0 Å². The molecule has 1 N–H and O–H groups in total. The Morgan fingerprint density at radius 3 is 2.84 bits per heavy atom. The molecule has 0 aliphatic carbocycles. The van der Waals surface area contributed by atoms with Gasteiger partial charge >= 0.3 is 0 Å². The van der Waals surface area contributed by atoms with Gasteiger partial charge in [-0.15, -0.1) is 11.3 Å². The van der Waals surface area contributed by atoms with Crippen LogP contribution in [0.4, 0.5) is 5.82 Å². The molecule has 9 heteroatoms. The number of thiazole rings is 1. The van der Waals surface area contributed by atoms with Crippen molar-refractivity contribution in [2.45, 2.75) is 38.6 Å². The van der Waals surface area contributed by atoms with Crippen LogP contribution in [-0.2, 0) is 4.79 Å². The summed E-state index contributed by atoms with van der Waals surface area (Å²) in [6.45, 7) is 6.67. The first kappa shape index (κ1) is 21.2. The van der Waals surface area contributed by atoms with Gasteiger partial charge in [-0.1, -0.05) is 0 Å². The van der Waals surface area contributed by atoms with Crippen molar-refractivity contribution in [3.05, 3.63) is 35.5 Å². The van der Waals surface area contributed by atoms with Crippen LogP contribution < -0.4 is 5.32 Å². The Bertz CT molecular complexity index is 1060. The third-order valence-electron chi connectivity index (χ3n) is 6.12. The van der Waals surface area contributed by atoms with E-state index >= 15 is 0 Å². The van der Waals surface area contributed by atoms with E-state index in [1.807, 2.05) is 24.4 Å². The largest absolute Gasteiger partial charge is 0.458 e. The van der Waals surface area contributed by atoms with Crippen LogP contribution in [0.5, 0.6) is 0 Å². The molecule has 5 heterocycles. The predicted molar refractivity (Wildman–Crippen MR) is 124 cm³/mol. The van der Waals surface area contributed by atoms with E-state index < -0.39 is 0 Å². The van der Waals surface area contributed by atoms with Crippen molar-refractivity contribution in [3.8, 4) is 22.3 Å². The first-order chi connectivity index (χ1) is 15.6. The van der Waals surface area contributed by atoms with Crippen LogP contribution in [0.25, 0.3) is 22.3 Å². The minimum atomic E-state index is -0.0521. The molecule has 0 spiro atoms. The quantitative estimate of drug-likeness (QED) is 0.585. The van der Waals surface area contributed by atoms with Crippen molar-refractivity contribution in [2.75, 3.05) is 38.0 Å². The number of carbonyl (C=O) groups excluding carboxylic acids is 1. The van der Waals surface area contributed by atoms with Gasteiger partial charge in [-0.05, 0) is 64.4 Å². The number of aromatic nitrogens is 3. The lowest BCUT2D eigenvalue weighted by Gasteiger charge is -2.27. The highest BCUT2D eigenvalue weighted by atomic mass is 32.1. The second-order valence-corrected chi connectivity index (χ2v) is 9.43. The molecule has 0 bridgehead atoms. The summed E-state index contributed by atoms with van der Waals surface area (Å²) >= 11 is 1.50. The molecule has 3 aromatic heterocycles. The highest BCUT2D eigenvalue weighted by Gasteiger charge is 2.29. The van der Waals surface area contributed by atoms with Crippen molar-refractivity contribution in [1.82, 2.24) is 24.8 Å². The zero-order valence-corrected chi connectivity index (χ0v) is 19.1. The van der Waals surface area contributed by atoms with Gasteiger partial charge in [-0.2, -0.15) is 0 Å². The molecule has 1 atom stereocenters. The first-order valence-electron chi connectivity index (χ1n) is 11.3. The van der Waals surface area contributed by atoms with E-state index in [-0.39, 0.29) is 5.91 Å². The molecule has 1 amide bonds. The van der Waals surface area contributed by atoms with Crippen LogP contribution in [0, 0.1) is 6.92 Å². The summed E-state index contributed by atoms with van der Waals surface area (Å²) in [6, 6.07) is 5.95. The van der Waals surface area contributed by atoms with Crippen molar-refractivity contribution in [2.24, 2.45) is 0 Å². The second kappa shape index (κ2) is 9.48. The highest BCUT2D eigenvalue weighted by Crippen LogP contribution is 2.27. The number of nitrogens with one attached hydrogen (secondary N) is 1. The number of hydrogen-bond acceptors (Lipinski definition) is 8. The average molecular weight is 453 g/mol. The van der Waals surface area contributed by atoms with Crippen LogP contribution >= 0.6 is 11.3 Å². The lowest BCUT2D eigenvalue weighted by molar-refractivity contribution is -0.117. The number of carbonyl (C=O) groups is 1. The third-order valence-corrected chi connectivity index (χ3v) is 6.91. The first-order valence-corrected chi connectivity index (χ1v) is 12.1. The average Bonchev–Trinajstić information content (AvgIpc) is 3.58. The smallest absolute Gasteiger partial charge is 0.239 e. The Labute approximate surface area is 191 Å². The van der Waals surface area contributed by atoms with Crippen molar-refractivity contribution < 1.29 is 9.21 Å². The number of anilines is 1. The van der Waals surface area contributed by atoms with Crippen LogP contribution in [0.3, 0.4) is 0 Å². The zero-order valence-electron chi connectivity index (χ0n) is 18.3. The van der Waals surface area contributed by atoms with E-state index in [4.69, 9.17) is 4.42 Å². The van der Waals surface area contributed by atoms with E-state index in [0.29, 0.717) is 35.7 Å². The van der Waals surface area contributed by atoms with Gasteiger partial charge in [0.25, 0.3) is 0 Å². The molecular formula is C23H28N6O2S. The summed E-state index contributed by atoms with van der Waals surface area (Å²) in [5.74, 6) is 2.21. The van der Waals surface area contributed by atoms with Gasteiger partial charge in [-0.3, -0.25) is 9.69 Å². The van der Waals surface area contributed by atoms with E-state index in [9.17, 15) is 4.79 Å². The number of nitrogens with zero attached hydrogens (tertiary/aromatic N) is 5. The molecule has 168 valence electrons. The predicted octanol–water partition coefficient (Wildman–Crippen LogP) is 3.67. The summed E-state index contributed by atoms with van der Waals surface area (Å²) in [5.41, 5.74) is 0.669. The molecular weight excluding hydrogens is 424 g/mol. The number of rotatable bonds is 7. The number of furan rings is 1. The molecule has 32 heavy (non-hydrogen) atoms. The molecule has 2 aliphatic heterocycles. The van der Waals surface area contributed by atoms with E-state index in [0.717, 1.165) is 36.7 Å². The lowest BCUT2D eigenvalue weighted by Crippen LogP contribution is -2.42. The van der Waals surface area contributed by atoms with Crippen molar-refractivity contribution in [3.63, 3.8) is 0 Å². The molecule has 1 unspecified atom stereocenters. The summed E-state index contributed by atoms with van der Waals surface area (Å²) in [4.78, 5) is 31.3. The van der Waals surface area contributed by atoms with Crippen molar-refractivity contribution in [1.29, 1.82) is 0 Å². The maximum atomic E-state index is 12.9. The Kier molecular flexibility index (Phi) is 6.29. The van der Waals surface area contributed by atoms with Crippen LogP contribution in [0.2, 0.25) is 0 Å². The Morgan fingerprint density at radius 2 is 2.09 bits per heavy atom. The van der Waals surface area contributed by atoms with Gasteiger partial charge < -0.3 is 14.6 Å². The third kappa shape index (κ3) is 4.90. The maximum Gasteiger partial charge on any atom is 0.239 e. The molecule has 8 nitrogen and oxygen atoms in total. The number of hydrogen-bond donors (Lipinski definition) is 1. The number of aryl methyl sites for hydroxylation is 1. The summed E-state index contributed by atoms with van der Waals surface area (Å²) in [5, 5.41) is 5.67. The fourth-order valence-electron chi connectivity index (χ4n) is 4.58. The van der Waals surface area contributed by atoms with E-state index in [1.54, 1.807) is 12.3 Å². The van der Waals surface area contributed by atoms with Gasteiger partial charge in [0.2, 0.25) is 5.91 Å². The highest BCUT2D eigenvalue weighted by molar-refractivity contribution is 7.13. The van der Waals surface area contributed by atoms with E-state index in [2.05, 4.69) is 30.1 Å². The SMILES string of the molecule is Cc1ccc(-c2nc(NC(=O)CN3CCCC3CN3CCCC3)cc(-c3nccs3)n2)o1. The molecule has 0 aromatic carbocycles. The second-order valence-electron chi connectivity index (χ2n) is 8.53. The normalized spacial score (nSPS) is 19.6. The Hall–Kier alpha value is -2.62. The Balaban J connectivity index is 1.31. The summed E-state index contributed by atoms with van der Waals surface area (Å²) in [7, 11) is 0. The molecule has 2 fully saturated rings. The van der Waals surface area contributed by atoms with Crippen LogP contribution in [0.1, 0.15) is 31.4 Å². The number of amides is 1. The molecule has 5 rings (SSSR count). The molecule has 2 saturated heterocycles. The lowest BCUT2D eigenvalue weighted by atomic mass is 10.2. The molecule has 2 aliphatic rings. The summed E-state index contributed by atoms with van der Waals surface area (Å²) < 4.78 is 5.72. The minimum absolute atomic E-state index is 0.0521. The maximum absolute atomic E-state index is 12.9. The van der Waals surface area contributed by atoms with Crippen LogP contribution in [-0.4, -0.2) is 69.4 Å². The monoisotopic (exact) mass is 452 g/mol. The molecule has 0 saturated carbocycles. The fourth-order valence-corrected chi connectivity index (χ4v) is 5.17.